The third-order valence-electron chi connectivity index (χ3n) is 3.09. The van der Waals surface area contributed by atoms with Crippen molar-refractivity contribution in [2.75, 3.05) is 0 Å². The molecule has 0 aliphatic heterocycles. The van der Waals surface area contributed by atoms with Gasteiger partial charge in [0.25, 0.3) is 0 Å². The molecule has 0 amide bonds. The molecule has 130 valence electrons. The van der Waals surface area contributed by atoms with Crippen LogP contribution < -0.4 is 10.5 Å². The van der Waals surface area contributed by atoms with E-state index in [4.69, 9.17) is 10.5 Å². The molecule has 23 heavy (non-hydrogen) atoms. The predicted molar refractivity (Wildman–Crippen MR) is 89.1 cm³/mol. The number of carbonyl (C=O) groups excluding carboxylic acids is 1. The van der Waals surface area contributed by atoms with Gasteiger partial charge in [0.05, 0.1) is 4.90 Å². The topological polar surface area (TPSA) is 98.5 Å². The van der Waals surface area contributed by atoms with E-state index in [1.54, 1.807) is 52.8 Å². The highest BCUT2D eigenvalue weighted by Gasteiger charge is 2.32. The van der Waals surface area contributed by atoms with Gasteiger partial charge in [-0.1, -0.05) is 32.0 Å². The lowest BCUT2D eigenvalue weighted by molar-refractivity contribution is -0.158. The molecule has 0 bridgehead atoms. The van der Waals surface area contributed by atoms with Crippen molar-refractivity contribution in [3.63, 3.8) is 0 Å². The molecule has 0 saturated heterocycles. The van der Waals surface area contributed by atoms with Crippen LogP contribution in [0, 0.1) is 5.92 Å². The van der Waals surface area contributed by atoms with Crippen molar-refractivity contribution in [3.8, 4) is 0 Å². The monoisotopic (exact) mass is 342 g/mol. The van der Waals surface area contributed by atoms with E-state index in [9.17, 15) is 13.2 Å². The second-order valence-electron chi connectivity index (χ2n) is 6.69. The van der Waals surface area contributed by atoms with Gasteiger partial charge in [0, 0.05) is 6.54 Å². The highest BCUT2D eigenvalue weighted by molar-refractivity contribution is 7.89. The molecule has 7 heteroatoms. The fraction of sp³-hybridized carbons (Fsp3) is 0.562. The van der Waals surface area contributed by atoms with Gasteiger partial charge >= 0.3 is 5.97 Å². The second kappa shape index (κ2) is 7.42. The van der Waals surface area contributed by atoms with Gasteiger partial charge < -0.3 is 10.5 Å². The Morgan fingerprint density at radius 1 is 1.26 bits per heavy atom. The minimum atomic E-state index is -3.88. The van der Waals surface area contributed by atoms with Gasteiger partial charge in [-0.25, -0.2) is 8.42 Å². The molecule has 1 rings (SSSR count). The van der Waals surface area contributed by atoms with Gasteiger partial charge in [-0.15, -0.1) is 0 Å². The first-order chi connectivity index (χ1) is 10.5. The van der Waals surface area contributed by atoms with E-state index in [-0.39, 0.29) is 17.4 Å². The van der Waals surface area contributed by atoms with Crippen LogP contribution in [-0.2, 0) is 26.1 Å². The Hall–Kier alpha value is -1.44. The first-order valence-corrected chi connectivity index (χ1v) is 8.99. The van der Waals surface area contributed by atoms with Crippen molar-refractivity contribution in [2.24, 2.45) is 11.7 Å². The number of benzene rings is 1. The van der Waals surface area contributed by atoms with Gasteiger partial charge in [-0.05, 0) is 38.3 Å². The van der Waals surface area contributed by atoms with E-state index in [1.807, 2.05) is 0 Å². The third kappa shape index (κ3) is 5.60. The highest BCUT2D eigenvalue weighted by atomic mass is 32.2. The van der Waals surface area contributed by atoms with Crippen molar-refractivity contribution in [2.45, 2.75) is 57.7 Å². The summed E-state index contributed by atoms with van der Waals surface area (Å²) in [5, 5.41) is 0. The van der Waals surface area contributed by atoms with E-state index in [2.05, 4.69) is 4.72 Å². The fourth-order valence-electron chi connectivity index (χ4n) is 1.99. The van der Waals surface area contributed by atoms with E-state index in [0.29, 0.717) is 5.56 Å². The minimum Gasteiger partial charge on any atom is -0.459 e. The average Bonchev–Trinajstić information content (AvgIpc) is 2.42. The quantitative estimate of drug-likeness (QED) is 0.768. The zero-order valence-corrected chi connectivity index (χ0v) is 15.1. The molecule has 0 saturated carbocycles. The third-order valence-corrected chi connectivity index (χ3v) is 4.63. The SMILES string of the molecule is CC(C)[C@@H](NS(=O)(=O)c1ccccc1CN)C(=O)OC(C)(C)C. The van der Waals surface area contributed by atoms with Gasteiger partial charge in [0.2, 0.25) is 10.0 Å². The zero-order valence-electron chi connectivity index (χ0n) is 14.3. The Bertz CT molecular complexity index is 648. The maximum Gasteiger partial charge on any atom is 0.324 e. The molecule has 0 aliphatic carbocycles. The molecule has 0 heterocycles. The summed E-state index contributed by atoms with van der Waals surface area (Å²) in [4.78, 5) is 12.4. The molecule has 0 spiro atoms. The summed E-state index contributed by atoms with van der Waals surface area (Å²) >= 11 is 0. The lowest BCUT2D eigenvalue weighted by Gasteiger charge is -2.26. The minimum absolute atomic E-state index is 0.0803. The molecule has 0 aromatic heterocycles. The number of sulfonamides is 1. The van der Waals surface area contributed by atoms with Crippen molar-refractivity contribution in [1.82, 2.24) is 4.72 Å². The number of hydrogen-bond acceptors (Lipinski definition) is 5. The Kier molecular flexibility index (Phi) is 6.33. The number of rotatable bonds is 6. The molecule has 0 aliphatic rings. The molecule has 1 aromatic carbocycles. The predicted octanol–water partition coefficient (Wildman–Crippen LogP) is 1.79. The Balaban J connectivity index is 3.10. The average molecular weight is 342 g/mol. The molecule has 3 N–H and O–H groups in total. The van der Waals surface area contributed by atoms with Crippen LogP contribution >= 0.6 is 0 Å². The molecule has 6 nitrogen and oxygen atoms in total. The van der Waals surface area contributed by atoms with Gasteiger partial charge in [0.1, 0.15) is 11.6 Å². The van der Waals surface area contributed by atoms with Crippen LogP contribution in [0.3, 0.4) is 0 Å². The van der Waals surface area contributed by atoms with Gasteiger partial charge in [-0.3, -0.25) is 4.79 Å². The summed E-state index contributed by atoms with van der Waals surface area (Å²) in [6, 6.07) is 5.48. The maximum atomic E-state index is 12.6. The Labute approximate surface area is 138 Å². The van der Waals surface area contributed by atoms with Crippen molar-refractivity contribution in [1.29, 1.82) is 0 Å². The number of nitrogens with one attached hydrogen (secondary N) is 1. The maximum absolute atomic E-state index is 12.6. The van der Waals surface area contributed by atoms with E-state index in [0.717, 1.165) is 0 Å². The summed E-state index contributed by atoms with van der Waals surface area (Å²) in [6.45, 7) is 8.81. The van der Waals surface area contributed by atoms with Crippen LogP contribution in [0.15, 0.2) is 29.2 Å². The van der Waals surface area contributed by atoms with Crippen LogP contribution in [0.2, 0.25) is 0 Å². The van der Waals surface area contributed by atoms with E-state index in [1.165, 1.54) is 6.07 Å². The summed E-state index contributed by atoms with van der Waals surface area (Å²) in [6.07, 6.45) is 0. The van der Waals surface area contributed by atoms with Gasteiger partial charge in [-0.2, -0.15) is 4.72 Å². The number of ether oxygens (including phenoxy) is 1. The molecule has 0 fully saturated rings. The Morgan fingerprint density at radius 3 is 2.30 bits per heavy atom. The van der Waals surface area contributed by atoms with Crippen molar-refractivity contribution in [3.05, 3.63) is 29.8 Å². The number of nitrogens with two attached hydrogens (primary N) is 1. The summed E-state index contributed by atoms with van der Waals surface area (Å²) in [7, 11) is -3.88. The smallest absolute Gasteiger partial charge is 0.324 e. The van der Waals surface area contributed by atoms with Crippen molar-refractivity contribution >= 4 is 16.0 Å². The molecule has 0 radical (unpaired) electrons. The standard InChI is InChI=1S/C16H26N2O4S/c1-11(2)14(15(19)22-16(3,4)5)18-23(20,21)13-9-7-6-8-12(13)10-17/h6-9,11,14,18H,10,17H2,1-5H3/t14-/m1/s1. The largest absolute Gasteiger partial charge is 0.459 e. The van der Waals surface area contributed by atoms with Crippen LogP contribution in [0.4, 0.5) is 0 Å². The first-order valence-electron chi connectivity index (χ1n) is 7.51. The molecular weight excluding hydrogens is 316 g/mol. The number of hydrogen-bond donors (Lipinski definition) is 2. The lowest BCUT2D eigenvalue weighted by Crippen LogP contribution is -2.47. The van der Waals surface area contributed by atoms with Crippen LogP contribution in [-0.4, -0.2) is 26.0 Å². The molecule has 1 atom stereocenters. The number of esters is 1. The lowest BCUT2D eigenvalue weighted by atomic mass is 10.1. The second-order valence-corrected chi connectivity index (χ2v) is 8.37. The zero-order chi connectivity index (χ0) is 17.8. The Morgan fingerprint density at radius 2 is 1.83 bits per heavy atom. The molecule has 1 aromatic rings. The van der Waals surface area contributed by atoms with Gasteiger partial charge in [0.15, 0.2) is 0 Å². The summed E-state index contributed by atoms with van der Waals surface area (Å²) < 4.78 is 33.0. The fourth-order valence-corrected chi connectivity index (χ4v) is 3.57. The normalized spacial score (nSPS) is 13.9. The summed E-state index contributed by atoms with van der Waals surface area (Å²) in [5.41, 5.74) is 5.40. The van der Waals surface area contributed by atoms with E-state index >= 15 is 0 Å². The molecular formula is C16H26N2O4S. The van der Waals surface area contributed by atoms with E-state index < -0.39 is 27.6 Å². The van der Waals surface area contributed by atoms with Crippen LogP contribution in [0.1, 0.15) is 40.2 Å². The highest BCUT2D eigenvalue weighted by Crippen LogP contribution is 2.18. The first kappa shape index (κ1) is 19.6. The van der Waals surface area contributed by atoms with Crippen molar-refractivity contribution < 1.29 is 17.9 Å². The summed E-state index contributed by atoms with van der Waals surface area (Å²) in [5.74, 6) is -0.856. The van der Waals surface area contributed by atoms with Crippen LogP contribution in [0.25, 0.3) is 0 Å². The molecule has 0 unspecified atom stereocenters. The van der Waals surface area contributed by atoms with Crippen LogP contribution in [0.5, 0.6) is 0 Å². The number of carbonyl (C=O) groups is 1.